The van der Waals surface area contributed by atoms with E-state index >= 15 is 0 Å². The van der Waals surface area contributed by atoms with Crippen molar-refractivity contribution < 1.29 is 13.9 Å². The highest BCUT2D eigenvalue weighted by Crippen LogP contribution is 2.11. The van der Waals surface area contributed by atoms with E-state index in [0.29, 0.717) is 18.7 Å². The molecule has 0 atom stereocenters. The molecule has 0 fully saturated rings. The normalized spacial score (nSPS) is 10.2. The van der Waals surface area contributed by atoms with Gasteiger partial charge in [0.25, 0.3) is 0 Å². The zero-order valence-corrected chi connectivity index (χ0v) is 11.8. The van der Waals surface area contributed by atoms with Crippen LogP contribution in [0.25, 0.3) is 0 Å². The maximum absolute atomic E-state index is 12.7. The first-order chi connectivity index (χ1) is 9.74. The second-order valence-electron chi connectivity index (χ2n) is 4.23. The summed E-state index contributed by atoms with van der Waals surface area (Å²) < 4.78 is 18.0. The Bertz CT molecular complexity index is 525. The average molecular weight is 293 g/mol. The van der Waals surface area contributed by atoms with Gasteiger partial charge in [-0.25, -0.2) is 4.39 Å². The molecule has 0 saturated heterocycles. The van der Waals surface area contributed by atoms with Crippen LogP contribution in [0, 0.1) is 5.82 Å². The van der Waals surface area contributed by atoms with E-state index in [4.69, 9.17) is 4.74 Å². The van der Waals surface area contributed by atoms with Crippen LogP contribution in [0.3, 0.4) is 0 Å². The molecular formula is C15H16FNO2S. The molecule has 0 aliphatic carbocycles. The molecule has 106 valence electrons. The van der Waals surface area contributed by atoms with E-state index in [0.717, 1.165) is 6.42 Å². The second-order valence-corrected chi connectivity index (χ2v) is 5.26. The number of thiophene rings is 1. The van der Waals surface area contributed by atoms with Crippen LogP contribution in [-0.2, 0) is 11.2 Å². The Morgan fingerprint density at radius 2 is 2.05 bits per heavy atom. The lowest BCUT2D eigenvalue weighted by Gasteiger charge is -2.07. The minimum atomic E-state index is -0.302. The van der Waals surface area contributed by atoms with Crippen LogP contribution in [-0.4, -0.2) is 19.1 Å². The molecule has 5 heteroatoms. The van der Waals surface area contributed by atoms with E-state index in [1.54, 1.807) is 23.5 Å². The van der Waals surface area contributed by atoms with Gasteiger partial charge in [-0.1, -0.05) is 6.07 Å². The van der Waals surface area contributed by atoms with Crippen molar-refractivity contribution >= 4 is 17.2 Å². The first-order valence-corrected chi connectivity index (χ1v) is 7.29. The van der Waals surface area contributed by atoms with Gasteiger partial charge in [0.15, 0.2) is 0 Å². The molecule has 0 aliphatic rings. The lowest BCUT2D eigenvalue weighted by atomic mass is 10.3. The lowest BCUT2D eigenvalue weighted by molar-refractivity contribution is -0.121. The first-order valence-electron chi connectivity index (χ1n) is 6.41. The van der Waals surface area contributed by atoms with Gasteiger partial charge in [-0.05, 0) is 42.1 Å². The third-order valence-corrected chi connectivity index (χ3v) is 3.62. The number of carbonyl (C=O) groups is 1. The Kier molecular flexibility index (Phi) is 5.55. The Labute approximate surface area is 121 Å². The molecule has 3 nitrogen and oxygen atoms in total. The number of carbonyl (C=O) groups excluding carboxylic acids is 1. The van der Waals surface area contributed by atoms with Crippen LogP contribution in [0.5, 0.6) is 5.75 Å². The molecule has 1 aromatic carbocycles. The van der Waals surface area contributed by atoms with E-state index < -0.39 is 0 Å². The van der Waals surface area contributed by atoms with Crippen molar-refractivity contribution in [1.29, 1.82) is 0 Å². The molecule has 0 aliphatic heterocycles. The third kappa shape index (κ3) is 5.01. The highest BCUT2D eigenvalue weighted by atomic mass is 32.1. The number of amides is 1. The number of hydrogen-bond acceptors (Lipinski definition) is 3. The summed E-state index contributed by atoms with van der Waals surface area (Å²) in [5.41, 5.74) is 0. The van der Waals surface area contributed by atoms with E-state index in [1.807, 2.05) is 11.4 Å². The van der Waals surface area contributed by atoms with E-state index in [2.05, 4.69) is 11.4 Å². The van der Waals surface area contributed by atoms with Gasteiger partial charge in [-0.2, -0.15) is 0 Å². The summed E-state index contributed by atoms with van der Waals surface area (Å²) >= 11 is 1.68. The zero-order chi connectivity index (χ0) is 14.2. The van der Waals surface area contributed by atoms with Gasteiger partial charge in [-0.15, -0.1) is 11.3 Å². The number of benzene rings is 1. The summed E-state index contributed by atoms with van der Waals surface area (Å²) in [7, 11) is 0. The van der Waals surface area contributed by atoms with Crippen LogP contribution in [0.2, 0.25) is 0 Å². The summed E-state index contributed by atoms with van der Waals surface area (Å²) in [4.78, 5) is 12.8. The van der Waals surface area contributed by atoms with Crippen LogP contribution in [0.1, 0.15) is 11.3 Å². The molecule has 2 rings (SSSR count). The zero-order valence-electron chi connectivity index (χ0n) is 11.0. The highest BCUT2D eigenvalue weighted by Gasteiger charge is 2.02. The van der Waals surface area contributed by atoms with Crippen molar-refractivity contribution in [2.75, 3.05) is 13.2 Å². The molecule has 0 bridgehead atoms. The Morgan fingerprint density at radius 3 is 2.75 bits per heavy atom. The quantitative estimate of drug-likeness (QED) is 0.852. The molecule has 1 aromatic heterocycles. The van der Waals surface area contributed by atoms with Crippen molar-refractivity contribution in [1.82, 2.24) is 5.32 Å². The van der Waals surface area contributed by atoms with Gasteiger partial charge in [0.2, 0.25) is 5.91 Å². The lowest BCUT2D eigenvalue weighted by Crippen LogP contribution is -2.26. The number of rotatable bonds is 7. The van der Waals surface area contributed by atoms with Crippen LogP contribution < -0.4 is 10.1 Å². The molecule has 0 spiro atoms. The van der Waals surface area contributed by atoms with Gasteiger partial charge in [0, 0.05) is 11.4 Å². The molecule has 2 aromatic rings. The molecule has 1 heterocycles. The van der Waals surface area contributed by atoms with Crippen LogP contribution >= 0.6 is 11.3 Å². The molecule has 20 heavy (non-hydrogen) atoms. The largest absolute Gasteiger partial charge is 0.493 e. The van der Waals surface area contributed by atoms with Gasteiger partial charge < -0.3 is 10.1 Å². The fourth-order valence-corrected chi connectivity index (χ4v) is 2.37. The predicted molar refractivity (Wildman–Crippen MR) is 77.5 cm³/mol. The van der Waals surface area contributed by atoms with Gasteiger partial charge >= 0.3 is 0 Å². The van der Waals surface area contributed by atoms with E-state index in [9.17, 15) is 9.18 Å². The van der Waals surface area contributed by atoms with Crippen molar-refractivity contribution in [2.45, 2.75) is 12.8 Å². The van der Waals surface area contributed by atoms with Crippen LogP contribution in [0.15, 0.2) is 41.8 Å². The fourth-order valence-electron chi connectivity index (χ4n) is 1.66. The number of ether oxygens (including phenoxy) is 1. The van der Waals surface area contributed by atoms with E-state index in [1.165, 1.54) is 17.0 Å². The first kappa shape index (κ1) is 14.5. The Morgan fingerprint density at radius 1 is 1.25 bits per heavy atom. The average Bonchev–Trinajstić information content (AvgIpc) is 2.94. The topological polar surface area (TPSA) is 38.3 Å². The van der Waals surface area contributed by atoms with Gasteiger partial charge in [0.05, 0.1) is 13.0 Å². The Hall–Kier alpha value is -1.88. The summed E-state index contributed by atoms with van der Waals surface area (Å²) in [6.07, 6.45) is 1.14. The highest BCUT2D eigenvalue weighted by molar-refractivity contribution is 7.09. The van der Waals surface area contributed by atoms with Gasteiger partial charge in [-0.3, -0.25) is 4.79 Å². The molecule has 1 amide bonds. The molecule has 0 unspecified atom stereocenters. The SMILES string of the molecule is O=C(CCOc1ccc(F)cc1)NCCc1cccs1. The summed E-state index contributed by atoms with van der Waals surface area (Å²) in [5.74, 6) is 0.227. The molecule has 0 saturated carbocycles. The maximum Gasteiger partial charge on any atom is 0.223 e. The standard InChI is InChI=1S/C15H16FNO2S/c16-12-3-5-13(6-4-12)19-10-8-15(18)17-9-7-14-2-1-11-20-14/h1-6,11H,7-10H2,(H,17,18). The number of halogens is 1. The minimum absolute atomic E-state index is 0.0383. The van der Waals surface area contributed by atoms with Crippen molar-refractivity contribution in [3.8, 4) is 5.75 Å². The smallest absolute Gasteiger partial charge is 0.223 e. The van der Waals surface area contributed by atoms with Crippen molar-refractivity contribution in [3.63, 3.8) is 0 Å². The summed E-state index contributed by atoms with van der Waals surface area (Å²) in [5, 5.41) is 4.87. The van der Waals surface area contributed by atoms with Crippen molar-refractivity contribution in [2.24, 2.45) is 0 Å². The molecule has 1 N–H and O–H groups in total. The van der Waals surface area contributed by atoms with Gasteiger partial charge in [0.1, 0.15) is 11.6 Å². The summed E-state index contributed by atoms with van der Waals surface area (Å²) in [6.45, 7) is 0.923. The second kappa shape index (κ2) is 7.65. The maximum atomic E-state index is 12.7. The fraction of sp³-hybridized carbons (Fsp3) is 0.267. The minimum Gasteiger partial charge on any atom is -0.493 e. The summed E-state index contributed by atoms with van der Waals surface area (Å²) in [6, 6.07) is 9.80. The predicted octanol–water partition coefficient (Wildman–Crippen LogP) is 3.02. The molecule has 0 radical (unpaired) electrons. The Balaban J connectivity index is 1.59. The number of nitrogens with one attached hydrogen (secondary N) is 1. The monoisotopic (exact) mass is 293 g/mol. The van der Waals surface area contributed by atoms with E-state index in [-0.39, 0.29) is 18.3 Å². The molecular weight excluding hydrogens is 277 g/mol. The number of hydrogen-bond donors (Lipinski definition) is 1. The van der Waals surface area contributed by atoms with Crippen LogP contribution in [0.4, 0.5) is 4.39 Å². The van der Waals surface area contributed by atoms with Crippen molar-refractivity contribution in [3.05, 3.63) is 52.5 Å². The third-order valence-electron chi connectivity index (χ3n) is 2.69.